The molecule has 1 aromatic rings. The summed E-state index contributed by atoms with van der Waals surface area (Å²) in [4.78, 5) is 0.0761. The molecule has 0 heterocycles. The molecule has 0 saturated heterocycles. The van der Waals surface area contributed by atoms with Crippen LogP contribution >= 0.6 is 0 Å². The van der Waals surface area contributed by atoms with Crippen molar-refractivity contribution in [3.05, 3.63) is 30.1 Å². The molecule has 0 radical (unpaired) electrons. The molecule has 108 valence electrons. The molecule has 0 bridgehead atoms. The number of hydrogen-bond acceptors (Lipinski definition) is 3. The van der Waals surface area contributed by atoms with Crippen LogP contribution in [0.5, 0.6) is 0 Å². The van der Waals surface area contributed by atoms with E-state index in [0.717, 1.165) is 25.5 Å². The van der Waals surface area contributed by atoms with Crippen molar-refractivity contribution in [1.29, 1.82) is 0 Å². The van der Waals surface area contributed by atoms with Crippen LogP contribution in [0.1, 0.15) is 33.1 Å². The second-order valence-electron chi connectivity index (χ2n) is 4.73. The molecule has 0 spiro atoms. The van der Waals surface area contributed by atoms with Gasteiger partial charge in [0, 0.05) is 6.04 Å². The van der Waals surface area contributed by atoms with Gasteiger partial charge < -0.3 is 5.32 Å². The summed E-state index contributed by atoms with van der Waals surface area (Å²) < 4.78 is 36.9. The fraction of sp³-hybridized carbons (Fsp3) is 0.571. The summed E-state index contributed by atoms with van der Waals surface area (Å²) in [5.74, 6) is -0.434. The van der Waals surface area contributed by atoms with E-state index in [9.17, 15) is 12.8 Å². The number of unbranched alkanes of at least 4 members (excludes halogenated alkanes) is 1. The van der Waals surface area contributed by atoms with E-state index in [1.165, 1.54) is 18.2 Å². The van der Waals surface area contributed by atoms with Crippen molar-refractivity contribution in [2.45, 2.75) is 44.0 Å². The van der Waals surface area contributed by atoms with Gasteiger partial charge in [-0.1, -0.05) is 19.4 Å². The van der Waals surface area contributed by atoms with Crippen LogP contribution in [0.4, 0.5) is 4.39 Å². The van der Waals surface area contributed by atoms with Crippen LogP contribution in [0, 0.1) is 5.82 Å². The molecule has 1 rings (SSSR count). The fourth-order valence-corrected chi connectivity index (χ4v) is 3.37. The molecule has 1 atom stereocenters. The van der Waals surface area contributed by atoms with E-state index in [4.69, 9.17) is 0 Å². The Kier molecular flexibility index (Phi) is 6.45. The molecule has 1 unspecified atom stereocenters. The maximum Gasteiger partial charge on any atom is 0.178 e. The largest absolute Gasteiger partial charge is 0.315 e. The van der Waals surface area contributed by atoms with Gasteiger partial charge in [0.25, 0.3) is 0 Å². The monoisotopic (exact) mass is 287 g/mol. The first-order valence-corrected chi connectivity index (χ1v) is 8.32. The predicted molar refractivity (Wildman–Crippen MR) is 75.4 cm³/mol. The lowest BCUT2D eigenvalue weighted by molar-refractivity contribution is 0.507. The highest BCUT2D eigenvalue weighted by Gasteiger charge is 2.14. The SMILES string of the molecule is CCNC(C)CCCCS(=O)(=O)c1cccc(F)c1. The zero-order valence-corrected chi connectivity index (χ0v) is 12.3. The van der Waals surface area contributed by atoms with Gasteiger partial charge in [0.15, 0.2) is 9.84 Å². The molecular weight excluding hydrogens is 265 g/mol. The van der Waals surface area contributed by atoms with E-state index in [1.54, 1.807) is 0 Å². The maximum atomic E-state index is 13.0. The Morgan fingerprint density at radius 2 is 2.05 bits per heavy atom. The number of hydrogen-bond donors (Lipinski definition) is 1. The summed E-state index contributed by atoms with van der Waals surface area (Å²) in [5.41, 5.74) is 0. The van der Waals surface area contributed by atoms with Gasteiger partial charge in [-0.3, -0.25) is 0 Å². The summed E-state index contributed by atoms with van der Waals surface area (Å²) in [6, 6.07) is 5.60. The van der Waals surface area contributed by atoms with Gasteiger partial charge in [-0.25, -0.2) is 12.8 Å². The zero-order valence-electron chi connectivity index (χ0n) is 11.5. The molecule has 1 aromatic carbocycles. The minimum absolute atomic E-state index is 0.0761. The first-order valence-electron chi connectivity index (χ1n) is 6.67. The van der Waals surface area contributed by atoms with Crippen LogP contribution in [-0.4, -0.2) is 26.8 Å². The molecule has 0 saturated carbocycles. The highest BCUT2D eigenvalue weighted by molar-refractivity contribution is 7.91. The molecule has 0 aliphatic heterocycles. The number of rotatable bonds is 8. The number of sulfone groups is 1. The maximum absolute atomic E-state index is 13.0. The lowest BCUT2D eigenvalue weighted by Gasteiger charge is -2.11. The number of halogens is 1. The third-order valence-electron chi connectivity index (χ3n) is 3.01. The van der Waals surface area contributed by atoms with E-state index in [0.29, 0.717) is 12.5 Å². The van der Waals surface area contributed by atoms with Gasteiger partial charge in [0.05, 0.1) is 10.6 Å². The smallest absolute Gasteiger partial charge is 0.178 e. The first kappa shape index (κ1) is 16.1. The van der Waals surface area contributed by atoms with E-state index in [-0.39, 0.29) is 10.6 Å². The normalized spacial score (nSPS) is 13.4. The van der Waals surface area contributed by atoms with Crippen LogP contribution in [-0.2, 0) is 9.84 Å². The van der Waals surface area contributed by atoms with Crippen molar-refractivity contribution in [2.24, 2.45) is 0 Å². The summed E-state index contributed by atoms with van der Waals surface area (Å²) in [7, 11) is -3.35. The Bertz CT molecular complexity index is 488. The van der Waals surface area contributed by atoms with Gasteiger partial charge in [-0.15, -0.1) is 0 Å². The molecule has 3 nitrogen and oxygen atoms in total. The van der Waals surface area contributed by atoms with Gasteiger partial charge >= 0.3 is 0 Å². The van der Waals surface area contributed by atoms with Gasteiger partial charge in [-0.2, -0.15) is 0 Å². The molecule has 0 aliphatic carbocycles. The molecule has 0 aliphatic rings. The van der Waals surface area contributed by atoms with Crippen LogP contribution in [0.2, 0.25) is 0 Å². The van der Waals surface area contributed by atoms with Gasteiger partial charge in [0.2, 0.25) is 0 Å². The van der Waals surface area contributed by atoms with Crippen molar-refractivity contribution in [3.63, 3.8) is 0 Å². The quantitative estimate of drug-likeness (QED) is 0.748. The van der Waals surface area contributed by atoms with Crippen molar-refractivity contribution in [2.75, 3.05) is 12.3 Å². The summed E-state index contributed by atoms with van der Waals surface area (Å²) in [6.45, 7) is 5.05. The molecule has 0 aromatic heterocycles. The average molecular weight is 287 g/mol. The summed E-state index contributed by atoms with van der Waals surface area (Å²) >= 11 is 0. The highest BCUT2D eigenvalue weighted by Crippen LogP contribution is 2.14. The Balaban J connectivity index is 2.44. The van der Waals surface area contributed by atoms with E-state index in [1.807, 2.05) is 6.92 Å². The standard InChI is InChI=1S/C14H22FNO2S/c1-3-16-12(2)7-4-5-10-19(17,18)14-9-6-8-13(15)11-14/h6,8-9,11-12,16H,3-5,7,10H2,1-2H3. The molecule has 5 heteroatoms. The fourth-order valence-electron chi connectivity index (χ4n) is 1.97. The van der Waals surface area contributed by atoms with Crippen molar-refractivity contribution in [1.82, 2.24) is 5.32 Å². The lowest BCUT2D eigenvalue weighted by Crippen LogP contribution is -2.25. The van der Waals surface area contributed by atoms with Crippen LogP contribution in [0.25, 0.3) is 0 Å². The Morgan fingerprint density at radius 1 is 1.32 bits per heavy atom. The molecule has 19 heavy (non-hydrogen) atoms. The van der Waals surface area contributed by atoms with Crippen molar-refractivity contribution >= 4 is 9.84 Å². The summed E-state index contributed by atoms with van der Waals surface area (Å²) in [6.07, 6.45) is 2.41. The minimum atomic E-state index is -3.35. The second kappa shape index (κ2) is 7.60. The molecule has 1 N–H and O–H groups in total. The number of nitrogens with one attached hydrogen (secondary N) is 1. The Labute approximate surface area is 115 Å². The van der Waals surface area contributed by atoms with E-state index < -0.39 is 15.7 Å². The minimum Gasteiger partial charge on any atom is -0.315 e. The summed E-state index contributed by atoms with van der Waals surface area (Å²) in [5, 5.41) is 3.28. The van der Waals surface area contributed by atoms with E-state index >= 15 is 0 Å². The third kappa shape index (κ3) is 5.70. The average Bonchev–Trinajstić information content (AvgIpc) is 2.35. The second-order valence-corrected chi connectivity index (χ2v) is 6.84. The van der Waals surface area contributed by atoms with Crippen molar-refractivity contribution in [3.8, 4) is 0 Å². The first-order chi connectivity index (χ1) is 8.95. The van der Waals surface area contributed by atoms with Crippen LogP contribution < -0.4 is 5.32 Å². The molecular formula is C14H22FNO2S. The Morgan fingerprint density at radius 3 is 2.68 bits per heavy atom. The van der Waals surface area contributed by atoms with Crippen molar-refractivity contribution < 1.29 is 12.8 Å². The zero-order chi connectivity index (χ0) is 14.3. The van der Waals surface area contributed by atoms with Crippen LogP contribution in [0.3, 0.4) is 0 Å². The Hall–Kier alpha value is -0.940. The number of benzene rings is 1. The molecule has 0 fully saturated rings. The van der Waals surface area contributed by atoms with Crippen LogP contribution in [0.15, 0.2) is 29.2 Å². The topological polar surface area (TPSA) is 46.2 Å². The molecule has 0 amide bonds. The lowest BCUT2D eigenvalue weighted by atomic mass is 10.1. The van der Waals surface area contributed by atoms with E-state index in [2.05, 4.69) is 12.2 Å². The predicted octanol–water partition coefficient (Wildman–Crippen LogP) is 2.77. The van der Waals surface area contributed by atoms with Gasteiger partial charge in [0.1, 0.15) is 5.82 Å². The third-order valence-corrected chi connectivity index (χ3v) is 4.81. The van der Waals surface area contributed by atoms with Gasteiger partial charge in [-0.05, 0) is 44.5 Å². The highest BCUT2D eigenvalue weighted by atomic mass is 32.2.